The first-order valence-electron chi connectivity index (χ1n) is 13.1. The molecule has 7 nitrogen and oxygen atoms in total. The molecule has 1 unspecified atom stereocenters. The summed E-state index contributed by atoms with van der Waals surface area (Å²) in [5.41, 5.74) is 4.97. The number of fused-ring (bicyclic) bond motifs is 1. The van der Waals surface area contributed by atoms with Crippen LogP contribution in [0.4, 0.5) is 17.6 Å². The van der Waals surface area contributed by atoms with Crippen LogP contribution in [0.1, 0.15) is 36.4 Å². The Bertz CT molecular complexity index is 1500. The van der Waals surface area contributed by atoms with E-state index >= 15 is 0 Å². The van der Waals surface area contributed by atoms with Crippen LogP contribution in [0.2, 0.25) is 0 Å². The molecule has 5 rings (SSSR count). The standard InChI is InChI=1S/C27H31F4N5O2S2/c28-20-12-21(34-14-20)15-33-13-17-4-5-23-24(18-2-1-3-19(11-18)26(32)39)16-36(25(23)10-17)22-6-8-35(9-7-22)40(37,38)27(29,30)31/h1-5,10-11,16,20-22,33-34H,6-9,12-15H2,(H2,32,39)/t20-,21?/m0/s1. The van der Waals surface area contributed by atoms with Crippen LogP contribution in [0.5, 0.6) is 0 Å². The number of piperidine rings is 1. The van der Waals surface area contributed by atoms with Crippen LogP contribution in [0.3, 0.4) is 0 Å². The van der Waals surface area contributed by atoms with Crippen LogP contribution < -0.4 is 16.4 Å². The van der Waals surface area contributed by atoms with E-state index in [-0.39, 0.29) is 43.0 Å². The molecule has 2 aliphatic rings. The lowest BCUT2D eigenvalue weighted by Gasteiger charge is -2.32. The molecule has 3 aromatic rings. The molecule has 2 atom stereocenters. The molecule has 0 aliphatic carbocycles. The van der Waals surface area contributed by atoms with E-state index in [1.165, 1.54) is 0 Å². The van der Waals surface area contributed by atoms with Crippen molar-refractivity contribution >= 4 is 38.1 Å². The van der Waals surface area contributed by atoms with Crippen LogP contribution in [0.25, 0.3) is 22.0 Å². The summed E-state index contributed by atoms with van der Waals surface area (Å²) in [7, 11) is -5.36. The molecule has 2 aromatic carbocycles. The Labute approximate surface area is 235 Å². The van der Waals surface area contributed by atoms with Crippen molar-refractivity contribution < 1.29 is 26.0 Å². The summed E-state index contributed by atoms with van der Waals surface area (Å²) >= 11 is 5.15. The molecule has 1 aromatic heterocycles. The third kappa shape index (κ3) is 5.89. The van der Waals surface area contributed by atoms with Crippen molar-refractivity contribution in [1.82, 2.24) is 19.5 Å². The molecule has 216 valence electrons. The number of nitrogens with one attached hydrogen (secondary N) is 2. The molecule has 0 radical (unpaired) electrons. The topological polar surface area (TPSA) is 92.4 Å². The zero-order valence-corrected chi connectivity index (χ0v) is 23.3. The number of hydrogen-bond donors (Lipinski definition) is 3. The second-order valence-electron chi connectivity index (χ2n) is 10.4. The minimum atomic E-state index is -5.36. The van der Waals surface area contributed by atoms with Gasteiger partial charge in [-0.1, -0.05) is 42.5 Å². The second-order valence-corrected chi connectivity index (χ2v) is 12.8. The summed E-state index contributed by atoms with van der Waals surface area (Å²) in [6.07, 6.45) is 2.11. The fourth-order valence-corrected chi connectivity index (χ4v) is 6.71. The lowest BCUT2D eigenvalue weighted by molar-refractivity contribution is -0.0496. The molecular formula is C27H31F4N5O2S2. The maximum absolute atomic E-state index is 13.5. The summed E-state index contributed by atoms with van der Waals surface area (Å²) in [5.74, 6) is 0. The van der Waals surface area contributed by atoms with Crippen LogP contribution in [-0.2, 0) is 16.6 Å². The Morgan fingerprint density at radius 3 is 2.55 bits per heavy atom. The first-order valence-corrected chi connectivity index (χ1v) is 15.0. The fourth-order valence-electron chi connectivity index (χ4n) is 5.60. The number of alkyl halides is 4. The first-order chi connectivity index (χ1) is 18.9. The van der Waals surface area contributed by atoms with E-state index in [2.05, 4.69) is 10.6 Å². The predicted octanol–water partition coefficient (Wildman–Crippen LogP) is 4.22. The third-order valence-electron chi connectivity index (χ3n) is 7.69. The number of nitrogens with zero attached hydrogens (tertiary/aromatic N) is 2. The Balaban J connectivity index is 1.44. The van der Waals surface area contributed by atoms with Crippen LogP contribution >= 0.6 is 12.2 Å². The SMILES string of the molecule is NC(=S)c1cccc(-c2cn(C3CCN(S(=O)(=O)C(F)(F)F)CC3)c3cc(CNCC4C[C@H](F)CN4)ccc23)c1. The average Bonchev–Trinajstić information content (AvgIpc) is 3.51. The van der Waals surface area contributed by atoms with Crippen molar-refractivity contribution in [2.45, 2.75) is 49.6 Å². The van der Waals surface area contributed by atoms with Gasteiger partial charge in [0.2, 0.25) is 0 Å². The highest BCUT2D eigenvalue weighted by molar-refractivity contribution is 7.90. The molecule has 0 amide bonds. The van der Waals surface area contributed by atoms with Gasteiger partial charge < -0.3 is 20.9 Å². The smallest absolute Gasteiger partial charge is 0.389 e. The maximum atomic E-state index is 13.5. The van der Waals surface area contributed by atoms with Crippen LogP contribution in [-0.4, -0.2) is 66.2 Å². The zero-order chi connectivity index (χ0) is 28.7. The fraction of sp³-hybridized carbons (Fsp3) is 0.444. The minimum Gasteiger partial charge on any atom is -0.389 e. The number of hydrogen-bond acceptors (Lipinski definition) is 5. The van der Waals surface area contributed by atoms with Crippen LogP contribution in [0, 0.1) is 0 Å². The number of halogens is 4. The number of benzene rings is 2. The molecule has 13 heteroatoms. The van der Waals surface area contributed by atoms with Crippen molar-refractivity contribution in [3.8, 4) is 11.1 Å². The van der Waals surface area contributed by atoms with E-state index in [0.717, 1.165) is 33.2 Å². The molecule has 2 fully saturated rings. The molecule has 2 aliphatic heterocycles. The van der Waals surface area contributed by atoms with E-state index in [0.29, 0.717) is 30.4 Å². The van der Waals surface area contributed by atoms with Gasteiger partial charge in [0, 0.05) is 73.0 Å². The Kier molecular flexibility index (Phi) is 8.22. The van der Waals surface area contributed by atoms with Crippen molar-refractivity contribution in [2.75, 3.05) is 26.2 Å². The Morgan fingerprint density at radius 1 is 1.15 bits per heavy atom. The van der Waals surface area contributed by atoms with Crippen LogP contribution in [0.15, 0.2) is 48.7 Å². The van der Waals surface area contributed by atoms with E-state index < -0.39 is 21.7 Å². The number of thiocarbonyl (C=S) groups is 1. The zero-order valence-electron chi connectivity index (χ0n) is 21.6. The second kappa shape index (κ2) is 11.4. The molecule has 0 bridgehead atoms. The molecule has 3 heterocycles. The summed E-state index contributed by atoms with van der Waals surface area (Å²) in [6, 6.07) is 13.5. The van der Waals surface area contributed by atoms with Gasteiger partial charge in [-0.2, -0.15) is 17.5 Å². The van der Waals surface area contributed by atoms with Gasteiger partial charge in [0.05, 0.1) is 0 Å². The van der Waals surface area contributed by atoms with Gasteiger partial charge in [-0.05, 0) is 42.5 Å². The highest BCUT2D eigenvalue weighted by atomic mass is 32.2. The van der Waals surface area contributed by atoms with Crippen molar-refractivity contribution in [3.05, 3.63) is 59.8 Å². The number of sulfonamides is 1. The largest absolute Gasteiger partial charge is 0.511 e. The normalized spacial score (nSPS) is 21.3. The van der Waals surface area contributed by atoms with Crippen molar-refractivity contribution in [3.63, 3.8) is 0 Å². The van der Waals surface area contributed by atoms with Gasteiger partial charge in [0.25, 0.3) is 0 Å². The van der Waals surface area contributed by atoms with Gasteiger partial charge in [0.1, 0.15) is 11.2 Å². The van der Waals surface area contributed by atoms with E-state index in [4.69, 9.17) is 18.0 Å². The Hall–Kier alpha value is -2.58. The van der Waals surface area contributed by atoms with Gasteiger partial charge in [-0.3, -0.25) is 0 Å². The van der Waals surface area contributed by atoms with Gasteiger partial charge in [0.15, 0.2) is 0 Å². The molecular weight excluding hydrogens is 566 g/mol. The van der Waals surface area contributed by atoms with Gasteiger partial charge in [-0.15, -0.1) is 0 Å². The lowest BCUT2D eigenvalue weighted by atomic mass is 10.0. The highest BCUT2D eigenvalue weighted by Gasteiger charge is 2.50. The van der Waals surface area contributed by atoms with E-state index in [9.17, 15) is 26.0 Å². The van der Waals surface area contributed by atoms with Gasteiger partial charge in [-0.25, -0.2) is 12.8 Å². The van der Waals surface area contributed by atoms with E-state index in [1.54, 1.807) is 0 Å². The maximum Gasteiger partial charge on any atom is 0.511 e. The molecule has 2 saturated heterocycles. The molecule has 40 heavy (non-hydrogen) atoms. The number of aromatic nitrogens is 1. The first kappa shape index (κ1) is 28.9. The number of rotatable bonds is 8. The predicted molar refractivity (Wildman–Crippen MR) is 151 cm³/mol. The summed E-state index contributed by atoms with van der Waals surface area (Å²) in [4.78, 5) is 0.271. The van der Waals surface area contributed by atoms with E-state index in [1.807, 2.05) is 53.2 Å². The van der Waals surface area contributed by atoms with Gasteiger partial charge >= 0.3 is 15.5 Å². The minimum absolute atomic E-state index is 0.0771. The monoisotopic (exact) mass is 597 g/mol. The highest BCUT2D eigenvalue weighted by Crippen LogP contribution is 2.38. The molecule has 4 N–H and O–H groups in total. The summed E-state index contributed by atoms with van der Waals surface area (Å²) in [6.45, 7) is 1.12. The summed E-state index contributed by atoms with van der Waals surface area (Å²) < 4.78 is 79.3. The number of nitrogens with two attached hydrogens (primary N) is 1. The molecule has 0 spiro atoms. The Morgan fingerprint density at radius 2 is 1.90 bits per heavy atom. The third-order valence-corrected chi connectivity index (χ3v) is 9.56. The molecule has 0 saturated carbocycles. The average molecular weight is 598 g/mol. The lowest BCUT2D eigenvalue weighted by Crippen LogP contribution is -2.45. The quantitative estimate of drug-likeness (QED) is 0.266. The summed E-state index contributed by atoms with van der Waals surface area (Å²) in [5, 5.41) is 7.48. The van der Waals surface area contributed by atoms with Crippen molar-refractivity contribution in [1.29, 1.82) is 0 Å². The van der Waals surface area contributed by atoms with Crippen molar-refractivity contribution in [2.24, 2.45) is 5.73 Å².